The summed E-state index contributed by atoms with van der Waals surface area (Å²) in [6, 6.07) is 18.4. The minimum atomic E-state index is -0.263. The van der Waals surface area contributed by atoms with Crippen LogP contribution in [0.5, 0.6) is 11.5 Å². The highest BCUT2D eigenvalue weighted by Gasteiger charge is 2.12. The van der Waals surface area contributed by atoms with Gasteiger partial charge < -0.3 is 15.5 Å². The minimum Gasteiger partial charge on any atom is -0.457 e. The van der Waals surface area contributed by atoms with Gasteiger partial charge >= 0.3 is 5.69 Å². The zero-order valence-electron chi connectivity index (χ0n) is 12.6. The largest absolute Gasteiger partial charge is 0.457 e. The summed E-state index contributed by atoms with van der Waals surface area (Å²) >= 11 is 0. The Bertz CT molecular complexity index is 1050. The van der Waals surface area contributed by atoms with E-state index in [1.165, 1.54) is 4.57 Å². The lowest BCUT2D eigenvalue weighted by Crippen LogP contribution is -2.15. The molecule has 0 spiro atoms. The van der Waals surface area contributed by atoms with Gasteiger partial charge in [-0.15, -0.1) is 0 Å². The molecule has 2 aromatic heterocycles. The number of nitrogen functional groups attached to an aromatic ring is 1. The van der Waals surface area contributed by atoms with Crippen LogP contribution in [0, 0.1) is 0 Å². The van der Waals surface area contributed by atoms with Gasteiger partial charge in [-0.25, -0.2) is 9.78 Å². The van der Waals surface area contributed by atoms with Crippen molar-refractivity contribution in [2.75, 3.05) is 5.73 Å². The van der Waals surface area contributed by atoms with Gasteiger partial charge in [0, 0.05) is 6.20 Å². The Morgan fingerprint density at radius 1 is 0.958 bits per heavy atom. The van der Waals surface area contributed by atoms with E-state index in [0.29, 0.717) is 28.3 Å². The van der Waals surface area contributed by atoms with Gasteiger partial charge in [0.05, 0.1) is 11.2 Å². The molecule has 0 aliphatic carbocycles. The molecule has 118 valence electrons. The van der Waals surface area contributed by atoms with Crippen LogP contribution in [0.3, 0.4) is 0 Å². The molecule has 2 heterocycles. The molecular weight excluding hydrogens is 304 g/mol. The topological polar surface area (TPSA) is 85.9 Å². The Balaban J connectivity index is 1.74. The van der Waals surface area contributed by atoms with Crippen LogP contribution in [-0.2, 0) is 0 Å². The summed E-state index contributed by atoms with van der Waals surface area (Å²) in [4.78, 5) is 19.1. The zero-order chi connectivity index (χ0) is 16.5. The van der Waals surface area contributed by atoms with Gasteiger partial charge in [0.15, 0.2) is 0 Å². The monoisotopic (exact) mass is 318 g/mol. The Hall–Kier alpha value is -3.54. The number of nitrogens with one attached hydrogen (secondary N) is 1. The molecule has 2 aromatic carbocycles. The number of hydrogen-bond donors (Lipinski definition) is 2. The molecule has 3 N–H and O–H groups in total. The van der Waals surface area contributed by atoms with Crippen molar-refractivity contribution >= 4 is 16.9 Å². The summed E-state index contributed by atoms with van der Waals surface area (Å²) in [5.41, 5.74) is 7.57. The summed E-state index contributed by atoms with van der Waals surface area (Å²) in [6.45, 7) is 0. The van der Waals surface area contributed by atoms with E-state index in [2.05, 4.69) is 9.97 Å². The molecule has 0 saturated carbocycles. The average molecular weight is 318 g/mol. The smallest absolute Gasteiger partial charge is 0.331 e. The van der Waals surface area contributed by atoms with E-state index >= 15 is 0 Å². The standard InChI is InChI=1S/C18H14N4O2/c19-17-16-15(10-11-20-17)21-18(23)22(16)12-6-8-14(9-7-12)24-13-4-2-1-3-5-13/h1-11H,(H2,19,20)(H,21,23). The maximum Gasteiger partial charge on any atom is 0.331 e. The molecule has 0 fully saturated rings. The van der Waals surface area contributed by atoms with Crippen LogP contribution in [-0.4, -0.2) is 14.5 Å². The molecule has 0 radical (unpaired) electrons. The fourth-order valence-electron chi connectivity index (χ4n) is 2.61. The number of nitrogens with zero attached hydrogens (tertiary/aromatic N) is 2. The molecule has 0 atom stereocenters. The number of imidazole rings is 1. The van der Waals surface area contributed by atoms with Crippen LogP contribution in [0.15, 0.2) is 71.7 Å². The molecule has 0 aliphatic rings. The number of aromatic amines is 1. The van der Waals surface area contributed by atoms with E-state index in [9.17, 15) is 4.79 Å². The van der Waals surface area contributed by atoms with Crippen molar-refractivity contribution in [2.45, 2.75) is 0 Å². The fourth-order valence-corrected chi connectivity index (χ4v) is 2.61. The number of nitrogens with two attached hydrogens (primary N) is 1. The van der Waals surface area contributed by atoms with Crippen LogP contribution < -0.4 is 16.2 Å². The lowest BCUT2D eigenvalue weighted by Gasteiger charge is -2.08. The number of benzene rings is 2. The van der Waals surface area contributed by atoms with Gasteiger partial charge in [-0.05, 0) is 42.5 Å². The second-order valence-electron chi connectivity index (χ2n) is 5.27. The van der Waals surface area contributed by atoms with E-state index in [1.54, 1.807) is 36.5 Å². The highest BCUT2D eigenvalue weighted by Crippen LogP contribution is 2.24. The van der Waals surface area contributed by atoms with Crippen LogP contribution in [0.2, 0.25) is 0 Å². The number of fused-ring (bicyclic) bond motifs is 1. The van der Waals surface area contributed by atoms with Crippen molar-refractivity contribution in [1.82, 2.24) is 14.5 Å². The first kappa shape index (κ1) is 14.1. The number of aromatic nitrogens is 3. The van der Waals surface area contributed by atoms with Crippen molar-refractivity contribution in [2.24, 2.45) is 0 Å². The number of H-pyrrole nitrogens is 1. The molecule has 0 aliphatic heterocycles. The molecule has 0 saturated heterocycles. The number of ether oxygens (including phenoxy) is 1. The summed E-state index contributed by atoms with van der Waals surface area (Å²) < 4.78 is 7.26. The van der Waals surface area contributed by atoms with Gasteiger partial charge in [0.25, 0.3) is 0 Å². The van der Waals surface area contributed by atoms with E-state index < -0.39 is 0 Å². The number of hydrogen-bond acceptors (Lipinski definition) is 4. The quantitative estimate of drug-likeness (QED) is 0.608. The minimum absolute atomic E-state index is 0.263. The van der Waals surface area contributed by atoms with Crippen molar-refractivity contribution < 1.29 is 4.74 Å². The molecular formula is C18H14N4O2. The number of rotatable bonds is 3. The van der Waals surface area contributed by atoms with Crippen LogP contribution in [0.1, 0.15) is 0 Å². The first-order chi connectivity index (χ1) is 11.7. The molecule has 0 bridgehead atoms. The van der Waals surface area contributed by atoms with Gasteiger partial charge in [-0.2, -0.15) is 0 Å². The van der Waals surface area contributed by atoms with E-state index in [-0.39, 0.29) is 5.69 Å². The number of para-hydroxylation sites is 1. The van der Waals surface area contributed by atoms with E-state index in [4.69, 9.17) is 10.5 Å². The van der Waals surface area contributed by atoms with Crippen molar-refractivity contribution in [3.8, 4) is 17.2 Å². The maximum absolute atomic E-state index is 12.3. The van der Waals surface area contributed by atoms with E-state index in [0.717, 1.165) is 5.75 Å². The molecule has 24 heavy (non-hydrogen) atoms. The summed E-state index contributed by atoms with van der Waals surface area (Å²) in [5.74, 6) is 1.74. The Morgan fingerprint density at radius 3 is 2.42 bits per heavy atom. The lowest BCUT2D eigenvalue weighted by molar-refractivity contribution is 0.482. The summed E-state index contributed by atoms with van der Waals surface area (Å²) in [5, 5.41) is 0. The van der Waals surface area contributed by atoms with Crippen LogP contribution in [0.25, 0.3) is 16.7 Å². The third-order valence-electron chi connectivity index (χ3n) is 3.69. The predicted molar refractivity (Wildman–Crippen MR) is 92.6 cm³/mol. The van der Waals surface area contributed by atoms with Crippen LogP contribution in [0.4, 0.5) is 5.82 Å². The van der Waals surface area contributed by atoms with Gasteiger partial charge in [0.1, 0.15) is 22.8 Å². The Kier molecular flexibility index (Phi) is 3.28. The summed E-state index contributed by atoms with van der Waals surface area (Å²) in [6.07, 6.45) is 1.56. The van der Waals surface area contributed by atoms with Gasteiger partial charge in [-0.3, -0.25) is 4.57 Å². The maximum atomic E-state index is 12.3. The fraction of sp³-hybridized carbons (Fsp3) is 0. The number of anilines is 1. The second kappa shape index (κ2) is 5.58. The highest BCUT2D eigenvalue weighted by molar-refractivity contribution is 5.86. The molecule has 0 amide bonds. The Morgan fingerprint density at radius 2 is 1.67 bits per heavy atom. The molecule has 0 unspecified atom stereocenters. The zero-order valence-corrected chi connectivity index (χ0v) is 12.6. The van der Waals surface area contributed by atoms with E-state index in [1.807, 2.05) is 30.3 Å². The highest BCUT2D eigenvalue weighted by atomic mass is 16.5. The van der Waals surface area contributed by atoms with Gasteiger partial charge in [0.2, 0.25) is 0 Å². The van der Waals surface area contributed by atoms with Gasteiger partial charge in [-0.1, -0.05) is 18.2 Å². The van der Waals surface area contributed by atoms with Crippen molar-refractivity contribution in [3.05, 3.63) is 77.3 Å². The molecule has 4 rings (SSSR count). The number of pyridine rings is 1. The molecule has 4 aromatic rings. The third-order valence-corrected chi connectivity index (χ3v) is 3.69. The predicted octanol–water partition coefficient (Wildman–Crippen LogP) is 3.09. The lowest BCUT2D eigenvalue weighted by atomic mass is 10.3. The Labute approximate surface area is 137 Å². The van der Waals surface area contributed by atoms with Crippen molar-refractivity contribution in [1.29, 1.82) is 0 Å². The third kappa shape index (κ3) is 2.40. The molecule has 6 heteroatoms. The first-order valence-corrected chi connectivity index (χ1v) is 7.41. The van der Waals surface area contributed by atoms with Crippen LogP contribution >= 0.6 is 0 Å². The van der Waals surface area contributed by atoms with Crippen molar-refractivity contribution in [3.63, 3.8) is 0 Å². The first-order valence-electron chi connectivity index (χ1n) is 7.41. The SMILES string of the molecule is Nc1nccc2[nH]c(=O)n(-c3ccc(Oc4ccccc4)cc3)c12. The summed E-state index contributed by atoms with van der Waals surface area (Å²) in [7, 11) is 0. The molecule has 6 nitrogen and oxygen atoms in total. The average Bonchev–Trinajstić information content (AvgIpc) is 2.94. The second-order valence-corrected chi connectivity index (χ2v) is 5.27. The normalized spacial score (nSPS) is 10.8.